The van der Waals surface area contributed by atoms with Crippen molar-refractivity contribution in [3.05, 3.63) is 59.5 Å². The Balaban J connectivity index is 0.00000220. The van der Waals surface area contributed by atoms with Crippen molar-refractivity contribution in [2.24, 2.45) is 5.73 Å². The van der Waals surface area contributed by atoms with Crippen LogP contribution in [0.2, 0.25) is 0 Å². The Bertz CT molecular complexity index is 569. The van der Waals surface area contributed by atoms with Crippen molar-refractivity contribution >= 4 is 18.3 Å². The summed E-state index contributed by atoms with van der Waals surface area (Å²) in [5.74, 6) is 1.33. The van der Waals surface area contributed by atoms with E-state index in [1.54, 1.807) is 11.9 Å². The molecule has 0 aliphatic heterocycles. The first kappa shape index (κ1) is 17.3. The number of nitrogens with two attached hydrogens (primary N) is 1. The van der Waals surface area contributed by atoms with Gasteiger partial charge < -0.3 is 15.1 Å². The van der Waals surface area contributed by atoms with E-state index in [9.17, 15) is 4.79 Å². The number of benzene rings is 1. The second kappa shape index (κ2) is 7.86. The first-order valence-corrected chi connectivity index (χ1v) is 6.67. The fourth-order valence-electron chi connectivity index (χ4n) is 2.21. The average molecular weight is 309 g/mol. The number of nitrogens with zero attached hydrogens (tertiary/aromatic N) is 1. The Labute approximate surface area is 131 Å². The molecular formula is C16H21ClN2O2. The third-order valence-electron chi connectivity index (χ3n) is 3.30. The maximum Gasteiger partial charge on any atom is 0.231 e. The first-order valence-electron chi connectivity index (χ1n) is 6.67. The van der Waals surface area contributed by atoms with Crippen LogP contribution < -0.4 is 5.73 Å². The lowest BCUT2D eigenvalue weighted by Crippen LogP contribution is -2.34. The summed E-state index contributed by atoms with van der Waals surface area (Å²) in [7, 11) is 1.77. The van der Waals surface area contributed by atoms with Gasteiger partial charge in [-0.15, -0.1) is 12.4 Å². The molecule has 0 aliphatic rings. The number of amides is 1. The minimum atomic E-state index is -0.308. The number of rotatable bonds is 5. The Morgan fingerprint density at radius 2 is 1.90 bits per heavy atom. The molecule has 2 rings (SSSR count). The summed E-state index contributed by atoms with van der Waals surface area (Å²) in [5.41, 5.74) is 6.72. The number of carbonyl (C=O) groups excluding carboxylic acids is 1. The molecule has 0 saturated carbocycles. The quantitative estimate of drug-likeness (QED) is 0.924. The van der Waals surface area contributed by atoms with E-state index < -0.39 is 0 Å². The third kappa shape index (κ3) is 4.34. The van der Waals surface area contributed by atoms with Crippen LogP contribution in [0.3, 0.4) is 0 Å². The SMILES string of the molecule is Cc1ccc(CN(C)C(=O)C(CN)c2ccccc2)o1.Cl. The van der Waals surface area contributed by atoms with Crippen molar-refractivity contribution in [1.82, 2.24) is 4.90 Å². The Hall–Kier alpha value is -1.78. The summed E-state index contributed by atoms with van der Waals surface area (Å²) in [5, 5.41) is 0. The molecule has 4 nitrogen and oxygen atoms in total. The third-order valence-corrected chi connectivity index (χ3v) is 3.30. The highest BCUT2D eigenvalue weighted by Crippen LogP contribution is 2.18. The molecule has 0 spiro atoms. The summed E-state index contributed by atoms with van der Waals surface area (Å²) in [4.78, 5) is 14.1. The second-order valence-corrected chi connectivity index (χ2v) is 4.91. The second-order valence-electron chi connectivity index (χ2n) is 4.91. The van der Waals surface area contributed by atoms with Gasteiger partial charge in [-0.2, -0.15) is 0 Å². The lowest BCUT2D eigenvalue weighted by molar-refractivity contribution is -0.132. The van der Waals surface area contributed by atoms with E-state index in [-0.39, 0.29) is 24.2 Å². The number of likely N-dealkylation sites (N-methyl/N-ethyl adjacent to an activating group) is 1. The standard InChI is InChI=1S/C16H20N2O2.ClH/c1-12-8-9-14(20-12)11-18(2)16(19)15(10-17)13-6-4-3-5-7-13;/h3-9,15H,10-11,17H2,1-2H3;1H. The molecule has 2 N–H and O–H groups in total. The van der Waals surface area contributed by atoms with Crippen LogP contribution in [0, 0.1) is 6.92 Å². The molecule has 114 valence electrons. The maximum absolute atomic E-state index is 12.5. The van der Waals surface area contributed by atoms with Crippen LogP contribution in [0.5, 0.6) is 0 Å². The molecule has 1 aromatic carbocycles. The molecule has 1 atom stereocenters. The van der Waals surface area contributed by atoms with Crippen LogP contribution in [-0.4, -0.2) is 24.4 Å². The van der Waals surface area contributed by atoms with Gasteiger partial charge in [-0.25, -0.2) is 0 Å². The molecule has 0 aliphatic carbocycles. The number of furan rings is 1. The molecule has 21 heavy (non-hydrogen) atoms. The molecule has 1 unspecified atom stereocenters. The number of hydrogen-bond donors (Lipinski definition) is 1. The minimum Gasteiger partial charge on any atom is -0.464 e. The van der Waals surface area contributed by atoms with Crippen molar-refractivity contribution in [2.75, 3.05) is 13.6 Å². The molecule has 1 amide bonds. The smallest absolute Gasteiger partial charge is 0.231 e. The lowest BCUT2D eigenvalue weighted by atomic mass is 9.98. The minimum absolute atomic E-state index is 0. The van der Waals surface area contributed by atoms with E-state index in [0.717, 1.165) is 17.1 Å². The van der Waals surface area contributed by atoms with E-state index in [0.29, 0.717) is 13.1 Å². The highest BCUT2D eigenvalue weighted by atomic mass is 35.5. The summed E-state index contributed by atoms with van der Waals surface area (Å²) >= 11 is 0. The first-order chi connectivity index (χ1) is 9.61. The van der Waals surface area contributed by atoms with Gasteiger partial charge in [-0.1, -0.05) is 30.3 Å². The van der Waals surface area contributed by atoms with Gasteiger partial charge in [-0.3, -0.25) is 4.79 Å². The molecule has 0 radical (unpaired) electrons. The normalized spacial score (nSPS) is 11.6. The predicted molar refractivity (Wildman–Crippen MR) is 85.4 cm³/mol. The molecule has 0 fully saturated rings. The van der Waals surface area contributed by atoms with Crippen molar-refractivity contribution in [3.8, 4) is 0 Å². The molecule has 0 bridgehead atoms. The number of carbonyl (C=O) groups is 1. The monoisotopic (exact) mass is 308 g/mol. The molecule has 1 aromatic heterocycles. The summed E-state index contributed by atoms with van der Waals surface area (Å²) in [6.07, 6.45) is 0. The molecule has 0 saturated heterocycles. The van der Waals surface area contributed by atoms with Crippen LogP contribution in [-0.2, 0) is 11.3 Å². The maximum atomic E-state index is 12.5. The Morgan fingerprint density at radius 1 is 1.24 bits per heavy atom. The summed E-state index contributed by atoms with van der Waals surface area (Å²) in [6.45, 7) is 2.64. The van der Waals surface area contributed by atoms with Gasteiger partial charge >= 0.3 is 0 Å². The molecular weight excluding hydrogens is 288 g/mol. The van der Waals surface area contributed by atoms with E-state index in [4.69, 9.17) is 10.2 Å². The number of hydrogen-bond acceptors (Lipinski definition) is 3. The topological polar surface area (TPSA) is 59.5 Å². The average Bonchev–Trinajstić information content (AvgIpc) is 2.86. The van der Waals surface area contributed by atoms with Crippen LogP contribution in [0.1, 0.15) is 23.0 Å². The van der Waals surface area contributed by atoms with Gasteiger partial charge in [0.1, 0.15) is 11.5 Å². The van der Waals surface area contributed by atoms with Crippen LogP contribution in [0.4, 0.5) is 0 Å². The molecule has 5 heteroatoms. The van der Waals surface area contributed by atoms with Crippen molar-refractivity contribution in [2.45, 2.75) is 19.4 Å². The number of halogens is 1. The van der Waals surface area contributed by atoms with Gasteiger partial charge in [0.05, 0.1) is 12.5 Å². The van der Waals surface area contributed by atoms with Gasteiger partial charge in [0.25, 0.3) is 0 Å². The Morgan fingerprint density at radius 3 is 2.43 bits per heavy atom. The zero-order valence-corrected chi connectivity index (χ0v) is 13.1. The Kier molecular flexibility index (Phi) is 6.46. The molecule has 1 heterocycles. The summed E-state index contributed by atoms with van der Waals surface area (Å²) in [6, 6.07) is 13.4. The number of aryl methyl sites for hydroxylation is 1. The summed E-state index contributed by atoms with van der Waals surface area (Å²) < 4.78 is 5.50. The predicted octanol–water partition coefficient (Wildman–Crippen LogP) is 2.71. The van der Waals surface area contributed by atoms with Gasteiger partial charge in [0, 0.05) is 13.6 Å². The van der Waals surface area contributed by atoms with E-state index in [1.165, 1.54) is 0 Å². The van der Waals surface area contributed by atoms with Crippen LogP contribution in [0.25, 0.3) is 0 Å². The largest absolute Gasteiger partial charge is 0.464 e. The zero-order valence-electron chi connectivity index (χ0n) is 12.3. The van der Waals surface area contributed by atoms with Crippen LogP contribution in [0.15, 0.2) is 46.9 Å². The lowest BCUT2D eigenvalue weighted by Gasteiger charge is -2.22. The van der Waals surface area contributed by atoms with E-state index >= 15 is 0 Å². The van der Waals surface area contributed by atoms with Crippen molar-refractivity contribution in [1.29, 1.82) is 0 Å². The van der Waals surface area contributed by atoms with Crippen LogP contribution >= 0.6 is 12.4 Å². The fourth-order valence-corrected chi connectivity index (χ4v) is 2.21. The van der Waals surface area contributed by atoms with Crippen molar-refractivity contribution in [3.63, 3.8) is 0 Å². The highest BCUT2D eigenvalue weighted by molar-refractivity contribution is 5.85. The highest BCUT2D eigenvalue weighted by Gasteiger charge is 2.22. The molecule has 2 aromatic rings. The zero-order chi connectivity index (χ0) is 14.5. The van der Waals surface area contributed by atoms with Crippen molar-refractivity contribution < 1.29 is 9.21 Å². The van der Waals surface area contributed by atoms with E-state index in [1.807, 2.05) is 49.4 Å². The van der Waals surface area contributed by atoms with E-state index in [2.05, 4.69) is 0 Å². The van der Waals surface area contributed by atoms with Gasteiger partial charge in [0.15, 0.2) is 0 Å². The fraction of sp³-hybridized carbons (Fsp3) is 0.312. The van der Waals surface area contributed by atoms with Gasteiger partial charge in [0.2, 0.25) is 5.91 Å². The van der Waals surface area contributed by atoms with Gasteiger partial charge in [-0.05, 0) is 24.6 Å².